The summed E-state index contributed by atoms with van der Waals surface area (Å²) in [5.41, 5.74) is 0.154. The zero-order valence-corrected chi connectivity index (χ0v) is 12.6. The lowest BCUT2D eigenvalue weighted by Gasteiger charge is -2.35. The molecular weight excluding hydrogens is 288 g/mol. The third kappa shape index (κ3) is 3.62. The van der Waals surface area contributed by atoms with E-state index in [1.165, 1.54) is 12.8 Å². The number of nitrogens with one attached hydrogen (secondary N) is 2. The first kappa shape index (κ1) is 15.4. The molecule has 0 aromatic heterocycles. The molecule has 2 aliphatic heterocycles. The van der Waals surface area contributed by atoms with Crippen molar-refractivity contribution in [3.05, 3.63) is 29.8 Å². The quantitative estimate of drug-likeness (QED) is 0.895. The van der Waals surface area contributed by atoms with Gasteiger partial charge in [-0.15, -0.1) is 0 Å². The lowest BCUT2D eigenvalue weighted by Crippen LogP contribution is -2.48. The molecule has 2 unspecified atom stereocenters. The number of carbonyl (C=O) groups excluding carboxylic acids is 1. The third-order valence-electron chi connectivity index (χ3n) is 4.61. The van der Waals surface area contributed by atoms with Crippen molar-refractivity contribution in [3.8, 4) is 0 Å². The Labute approximate surface area is 128 Å². The Morgan fingerprint density at radius 3 is 2.41 bits per heavy atom. The third-order valence-corrected chi connectivity index (χ3v) is 4.61. The molecule has 4 nitrogen and oxygen atoms in total. The molecule has 0 aliphatic carbocycles. The van der Waals surface area contributed by atoms with Crippen LogP contribution in [0.3, 0.4) is 0 Å². The van der Waals surface area contributed by atoms with Crippen LogP contribution in [0.15, 0.2) is 18.2 Å². The van der Waals surface area contributed by atoms with Crippen molar-refractivity contribution in [2.75, 3.05) is 18.9 Å². The molecule has 2 fully saturated rings. The molecule has 1 amide bonds. The molecule has 3 rings (SSSR count). The maximum absolute atomic E-state index is 13.1. The van der Waals surface area contributed by atoms with Crippen LogP contribution in [0.2, 0.25) is 0 Å². The number of halogens is 2. The molecule has 2 heterocycles. The van der Waals surface area contributed by atoms with E-state index in [1.54, 1.807) is 0 Å². The molecular formula is C16H21F2N3O. The molecule has 6 heteroatoms. The van der Waals surface area contributed by atoms with Crippen molar-refractivity contribution in [2.45, 2.75) is 43.8 Å². The molecule has 2 atom stereocenters. The van der Waals surface area contributed by atoms with Gasteiger partial charge in [0.1, 0.15) is 11.6 Å². The number of fused-ring (bicyclic) bond motifs is 2. The summed E-state index contributed by atoms with van der Waals surface area (Å²) >= 11 is 0. The second kappa shape index (κ2) is 6.30. The number of hydrogen-bond donors (Lipinski definition) is 2. The van der Waals surface area contributed by atoms with Gasteiger partial charge in [0.2, 0.25) is 5.91 Å². The van der Waals surface area contributed by atoms with E-state index in [-0.39, 0.29) is 18.1 Å². The highest BCUT2D eigenvalue weighted by Gasteiger charge is 2.35. The van der Waals surface area contributed by atoms with E-state index >= 15 is 0 Å². The number of benzene rings is 1. The smallest absolute Gasteiger partial charge is 0.238 e. The fourth-order valence-corrected chi connectivity index (χ4v) is 3.57. The van der Waals surface area contributed by atoms with Crippen molar-refractivity contribution < 1.29 is 13.6 Å². The largest absolute Gasteiger partial charge is 0.325 e. The van der Waals surface area contributed by atoms with Gasteiger partial charge in [-0.1, -0.05) is 0 Å². The van der Waals surface area contributed by atoms with E-state index in [0.717, 1.165) is 31.0 Å². The molecule has 2 saturated heterocycles. The summed E-state index contributed by atoms with van der Waals surface area (Å²) in [5.74, 6) is -1.64. The van der Waals surface area contributed by atoms with Gasteiger partial charge in [-0.3, -0.25) is 9.69 Å². The summed E-state index contributed by atoms with van der Waals surface area (Å²) in [4.78, 5) is 14.1. The van der Waals surface area contributed by atoms with Gasteiger partial charge in [0.15, 0.2) is 0 Å². The number of piperidine rings is 1. The first-order chi connectivity index (χ1) is 10.5. The number of hydrogen-bond acceptors (Lipinski definition) is 3. The zero-order valence-electron chi connectivity index (χ0n) is 12.6. The molecule has 0 spiro atoms. The van der Waals surface area contributed by atoms with E-state index in [1.807, 2.05) is 11.9 Å². The van der Waals surface area contributed by atoms with Gasteiger partial charge in [-0.05, 0) is 44.9 Å². The summed E-state index contributed by atoms with van der Waals surface area (Å²) in [6.07, 6.45) is 4.53. The van der Waals surface area contributed by atoms with E-state index in [0.29, 0.717) is 18.1 Å². The van der Waals surface area contributed by atoms with Crippen LogP contribution in [0.5, 0.6) is 0 Å². The van der Waals surface area contributed by atoms with E-state index in [9.17, 15) is 13.6 Å². The van der Waals surface area contributed by atoms with Crippen molar-refractivity contribution in [3.63, 3.8) is 0 Å². The van der Waals surface area contributed by atoms with E-state index in [4.69, 9.17) is 0 Å². The van der Waals surface area contributed by atoms with Crippen LogP contribution < -0.4 is 10.6 Å². The number of rotatable bonds is 4. The Kier molecular flexibility index (Phi) is 4.40. The van der Waals surface area contributed by atoms with Crippen LogP contribution >= 0.6 is 0 Å². The van der Waals surface area contributed by atoms with Gasteiger partial charge in [-0.25, -0.2) is 8.78 Å². The highest BCUT2D eigenvalue weighted by atomic mass is 19.1. The van der Waals surface area contributed by atoms with Gasteiger partial charge in [0.05, 0.1) is 6.54 Å². The van der Waals surface area contributed by atoms with Crippen LogP contribution in [-0.2, 0) is 4.79 Å². The SMILES string of the molecule is CN(CC(=O)Nc1cc(F)cc(F)c1)C1CC2CCC(C1)N2. The minimum atomic E-state index is -0.696. The lowest BCUT2D eigenvalue weighted by molar-refractivity contribution is -0.117. The molecule has 0 saturated carbocycles. The highest BCUT2D eigenvalue weighted by molar-refractivity contribution is 5.92. The average Bonchev–Trinajstić information content (AvgIpc) is 2.75. The summed E-state index contributed by atoms with van der Waals surface area (Å²) in [7, 11) is 1.93. The second-order valence-corrected chi connectivity index (χ2v) is 6.38. The summed E-state index contributed by atoms with van der Waals surface area (Å²) in [6, 6.07) is 4.52. The molecule has 1 aromatic rings. The van der Waals surface area contributed by atoms with Gasteiger partial charge >= 0.3 is 0 Å². The number of anilines is 1. The van der Waals surface area contributed by atoms with Gasteiger partial charge in [0, 0.05) is 29.9 Å². The van der Waals surface area contributed by atoms with Crippen LogP contribution in [-0.4, -0.2) is 42.5 Å². The number of nitrogens with zero attached hydrogens (tertiary/aromatic N) is 1. The monoisotopic (exact) mass is 309 g/mol. The number of amides is 1. The van der Waals surface area contributed by atoms with E-state index in [2.05, 4.69) is 10.6 Å². The molecule has 22 heavy (non-hydrogen) atoms. The minimum Gasteiger partial charge on any atom is -0.325 e. The Balaban J connectivity index is 1.54. The Hall–Kier alpha value is -1.53. The van der Waals surface area contributed by atoms with Gasteiger partial charge < -0.3 is 10.6 Å². The second-order valence-electron chi connectivity index (χ2n) is 6.38. The zero-order chi connectivity index (χ0) is 15.7. The molecule has 1 aromatic carbocycles. The molecule has 120 valence electrons. The molecule has 2 bridgehead atoms. The summed E-state index contributed by atoms with van der Waals surface area (Å²) < 4.78 is 26.2. The molecule has 2 aliphatic rings. The van der Waals surface area contributed by atoms with Gasteiger partial charge in [0.25, 0.3) is 0 Å². The number of likely N-dealkylation sites (N-methyl/N-ethyl adjacent to an activating group) is 1. The first-order valence-electron chi connectivity index (χ1n) is 7.72. The van der Waals surface area contributed by atoms with Crippen molar-refractivity contribution in [1.82, 2.24) is 10.2 Å². The highest BCUT2D eigenvalue weighted by Crippen LogP contribution is 2.29. The van der Waals surface area contributed by atoms with Crippen LogP contribution in [0.1, 0.15) is 25.7 Å². The lowest BCUT2D eigenvalue weighted by atomic mass is 9.98. The Bertz CT molecular complexity index is 534. The van der Waals surface area contributed by atoms with Crippen LogP contribution in [0.4, 0.5) is 14.5 Å². The average molecular weight is 309 g/mol. The van der Waals surface area contributed by atoms with Gasteiger partial charge in [-0.2, -0.15) is 0 Å². The molecule has 2 N–H and O–H groups in total. The van der Waals surface area contributed by atoms with Crippen molar-refractivity contribution >= 4 is 11.6 Å². The Morgan fingerprint density at radius 2 is 1.82 bits per heavy atom. The fourth-order valence-electron chi connectivity index (χ4n) is 3.57. The minimum absolute atomic E-state index is 0.154. The predicted octanol–water partition coefficient (Wildman–Crippen LogP) is 2.12. The van der Waals surface area contributed by atoms with Crippen LogP contribution in [0.25, 0.3) is 0 Å². The normalized spacial score (nSPS) is 27.2. The topological polar surface area (TPSA) is 44.4 Å². The Morgan fingerprint density at radius 1 is 1.23 bits per heavy atom. The standard InChI is InChI=1S/C16H21F2N3O/c1-21(15-7-12-2-3-13(8-15)19-12)9-16(22)20-14-5-10(17)4-11(18)6-14/h4-6,12-13,15,19H,2-3,7-9H2,1H3,(H,20,22). The molecule has 0 radical (unpaired) electrons. The maximum atomic E-state index is 13.1. The van der Waals surface area contributed by atoms with Crippen LogP contribution in [0, 0.1) is 11.6 Å². The predicted molar refractivity (Wildman–Crippen MR) is 80.6 cm³/mol. The van der Waals surface area contributed by atoms with Crippen molar-refractivity contribution in [2.24, 2.45) is 0 Å². The van der Waals surface area contributed by atoms with Crippen molar-refractivity contribution in [1.29, 1.82) is 0 Å². The first-order valence-corrected chi connectivity index (χ1v) is 7.72. The summed E-state index contributed by atoms with van der Waals surface area (Å²) in [5, 5.41) is 6.13. The fraction of sp³-hybridized carbons (Fsp3) is 0.562. The van der Waals surface area contributed by atoms with E-state index < -0.39 is 11.6 Å². The summed E-state index contributed by atoms with van der Waals surface area (Å²) in [6.45, 7) is 0.224. The maximum Gasteiger partial charge on any atom is 0.238 e. The number of carbonyl (C=O) groups is 1.